The molecular weight excluding hydrogens is 314 g/mol. The minimum Gasteiger partial charge on any atom is -0.409 e. The van der Waals surface area contributed by atoms with E-state index < -0.39 is 0 Å². The van der Waals surface area contributed by atoms with Gasteiger partial charge in [0.25, 0.3) is 0 Å². The zero-order valence-corrected chi connectivity index (χ0v) is 13.4. The lowest BCUT2D eigenvalue weighted by atomic mass is 10.1. The molecule has 1 aromatic rings. The number of nitrogens with one attached hydrogen (secondary N) is 1. The van der Waals surface area contributed by atoms with Crippen LogP contribution in [0.15, 0.2) is 23.4 Å². The van der Waals surface area contributed by atoms with E-state index in [1.165, 1.54) is 17.3 Å². The van der Waals surface area contributed by atoms with Crippen LogP contribution in [-0.2, 0) is 6.54 Å². The summed E-state index contributed by atoms with van der Waals surface area (Å²) in [6.07, 6.45) is 0. The molecule has 4 N–H and O–H groups in total. The number of rotatable bonds is 5. The highest BCUT2D eigenvalue weighted by atomic mass is 35.5. The highest BCUT2D eigenvalue weighted by Crippen LogP contribution is 2.23. The van der Waals surface area contributed by atoms with E-state index in [2.05, 4.69) is 10.5 Å². The summed E-state index contributed by atoms with van der Waals surface area (Å²) in [4.78, 5) is 0. The maximum absolute atomic E-state index is 8.64. The average Bonchev–Trinajstić information content (AvgIpc) is 2.49. The van der Waals surface area contributed by atoms with Gasteiger partial charge >= 0.3 is 0 Å². The minimum atomic E-state index is 0.0713. The number of thioether (sulfide) groups is 2. The van der Waals surface area contributed by atoms with Gasteiger partial charge in [0.1, 0.15) is 0 Å². The maximum atomic E-state index is 8.64. The number of nitrogens with two attached hydrogens (primary N) is 1. The van der Waals surface area contributed by atoms with Gasteiger partial charge in [-0.2, -0.15) is 23.5 Å². The summed E-state index contributed by atoms with van der Waals surface area (Å²) in [6, 6.07) is 5.44. The summed E-state index contributed by atoms with van der Waals surface area (Å²) in [7, 11) is 0. The van der Waals surface area contributed by atoms with E-state index >= 15 is 0 Å². The number of halogens is 1. The molecule has 0 radical (unpaired) electrons. The van der Waals surface area contributed by atoms with Crippen molar-refractivity contribution in [2.75, 3.05) is 23.8 Å². The standard InChI is InChI=1S/C13H18ClN3OS2/c14-12-5-9(13(15)17-18)1-2-10(12)6-16-7-11-8-19-3-4-20-11/h1-2,5,11,16,18H,3-4,6-8H2,(H2,15,17). The molecule has 20 heavy (non-hydrogen) atoms. The second kappa shape index (κ2) is 8.02. The van der Waals surface area contributed by atoms with Crippen molar-refractivity contribution in [2.24, 2.45) is 10.9 Å². The van der Waals surface area contributed by atoms with Crippen molar-refractivity contribution in [3.05, 3.63) is 34.3 Å². The normalized spacial score (nSPS) is 20.1. The SMILES string of the molecule is N/C(=N/O)c1ccc(CNCC2CSCCS2)c(Cl)c1. The molecule has 1 unspecified atom stereocenters. The smallest absolute Gasteiger partial charge is 0.170 e. The summed E-state index contributed by atoms with van der Waals surface area (Å²) in [6.45, 7) is 1.73. The van der Waals surface area contributed by atoms with E-state index in [4.69, 9.17) is 22.5 Å². The van der Waals surface area contributed by atoms with Crippen LogP contribution >= 0.6 is 35.1 Å². The Morgan fingerprint density at radius 3 is 3.00 bits per heavy atom. The average molecular weight is 332 g/mol. The van der Waals surface area contributed by atoms with Crippen LogP contribution in [0.5, 0.6) is 0 Å². The van der Waals surface area contributed by atoms with Gasteiger partial charge in [0, 0.05) is 46.2 Å². The Bertz CT molecular complexity index is 479. The lowest BCUT2D eigenvalue weighted by Gasteiger charge is -2.21. The Labute approximate surface area is 132 Å². The predicted octanol–water partition coefficient (Wildman–Crippen LogP) is 2.37. The van der Waals surface area contributed by atoms with E-state index in [-0.39, 0.29) is 5.84 Å². The largest absolute Gasteiger partial charge is 0.409 e. The molecule has 0 bridgehead atoms. The molecule has 0 aliphatic carbocycles. The Kier molecular flexibility index (Phi) is 6.35. The molecular formula is C13H18ClN3OS2. The molecule has 1 aliphatic heterocycles. The van der Waals surface area contributed by atoms with E-state index in [0.717, 1.165) is 18.7 Å². The van der Waals surface area contributed by atoms with Crippen LogP contribution in [0.4, 0.5) is 0 Å². The first kappa shape index (κ1) is 15.8. The van der Waals surface area contributed by atoms with Crippen LogP contribution in [0.1, 0.15) is 11.1 Å². The van der Waals surface area contributed by atoms with Crippen LogP contribution in [0.2, 0.25) is 5.02 Å². The molecule has 2 rings (SSSR count). The summed E-state index contributed by atoms with van der Waals surface area (Å²) < 4.78 is 0. The number of benzene rings is 1. The fourth-order valence-electron chi connectivity index (χ4n) is 1.93. The quantitative estimate of drug-likeness (QED) is 0.334. The van der Waals surface area contributed by atoms with Gasteiger partial charge in [-0.05, 0) is 11.6 Å². The Balaban J connectivity index is 1.86. The van der Waals surface area contributed by atoms with Crippen molar-refractivity contribution < 1.29 is 5.21 Å². The minimum absolute atomic E-state index is 0.0713. The third-order valence-corrected chi connectivity index (χ3v) is 6.23. The first-order chi connectivity index (χ1) is 9.70. The van der Waals surface area contributed by atoms with Gasteiger partial charge in [-0.25, -0.2) is 0 Å². The first-order valence-electron chi connectivity index (χ1n) is 6.37. The summed E-state index contributed by atoms with van der Waals surface area (Å²) in [5.41, 5.74) is 7.18. The number of hydrogen-bond acceptors (Lipinski definition) is 5. The zero-order chi connectivity index (χ0) is 14.4. The summed E-state index contributed by atoms with van der Waals surface area (Å²) in [5.74, 6) is 3.80. The third-order valence-electron chi connectivity index (χ3n) is 3.03. The van der Waals surface area contributed by atoms with Gasteiger partial charge in [0.15, 0.2) is 5.84 Å². The maximum Gasteiger partial charge on any atom is 0.170 e. The Hall–Kier alpha value is -0.560. The van der Waals surface area contributed by atoms with Gasteiger partial charge in [-0.3, -0.25) is 0 Å². The molecule has 1 fully saturated rings. The number of nitrogens with zero attached hydrogens (tertiary/aromatic N) is 1. The lowest BCUT2D eigenvalue weighted by Crippen LogP contribution is -2.28. The zero-order valence-electron chi connectivity index (χ0n) is 11.0. The van der Waals surface area contributed by atoms with Crippen molar-refractivity contribution in [3.63, 3.8) is 0 Å². The fourth-order valence-corrected chi connectivity index (χ4v) is 4.82. The summed E-state index contributed by atoms with van der Waals surface area (Å²) in [5, 5.41) is 16.4. The molecule has 0 aromatic heterocycles. The Morgan fingerprint density at radius 2 is 2.35 bits per heavy atom. The predicted molar refractivity (Wildman–Crippen MR) is 89.2 cm³/mol. The molecule has 0 spiro atoms. The van der Waals surface area contributed by atoms with Crippen LogP contribution in [0, 0.1) is 0 Å². The molecule has 1 aromatic carbocycles. The van der Waals surface area contributed by atoms with E-state index in [1.807, 2.05) is 35.7 Å². The first-order valence-corrected chi connectivity index (χ1v) is 8.95. The van der Waals surface area contributed by atoms with Gasteiger partial charge in [0.2, 0.25) is 0 Å². The van der Waals surface area contributed by atoms with Crippen LogP contribution in [0.3, 0.4) is 0 Å². The Morgan fingerprint density at radius 1 is 1.50 bits per heavy atom. The van der Waals surface area contributed by atoms with Crippen LogP contribution in [-0.4, -0.2) is 40.1 Å². The molecule has 110 valence electrons. The van der Waals surface area contributed by atoms with Crippen molar-refractivity contribution in [1.82, 2.24) is 5.32 Å². The van der Waals surface area contributed by atoms with Gasteiger partial charge in [-0.1, -0.05) is 28.9 Å². The molecule has 1 atom stereocenters. The fraction of sp³-hybridized carbons (Fsp3) is 0.462. The van der Waals surface area contributed by atoms with Crippen molar-refractivity contribution >= 4 is 41.0 Å². The number of oxime groups is 1. The molecule has 1 heterocycles. The lowest BCUT2D eigenvalue weighted by molar-refractivity contribution is 0.318. The van der Waals surface area contributed by atoms with Gasteiger partial charge in [0.05, 0.1) is 0 Å². The molecule has 4 nitrogen and oxygen atoms in total. The van der Waals surface area contributed by atoms with Crippen molar-refractivity contribution in [2.45, 2.75) is 11.8 Å². The number of hydrogen-bond donors (Lipinski definition) is 3. The monoisotopic (exact) mass is 331 g/mol. The van der Waals surface area contributed by atoms with E-state index in [0.29, 0.717) is 15.8 Å². The van der Waals surface area contributed by atoms with Crippen molar-refractivity contribution in [1.29, 1.82) is 0 Å². The highest BCUT2D eigenvalue weighted by molar-refractivity contribution is 8.06. The molecule has 7 heteroatoms. The van der Waals surface area contributed by atoms with Crippen LogP contribution in [0.25, 0.3) is 0 Å². The third kappa shape index (κ3) is 4.48. The summed E-state index contributed by atoms with van der Waals surface area (Å²) >= 11 is 10.3. The van der Waals surface area contributed by atoms with E-state index in [1.54, 1.807) is 6.07 Å². The van der Waals surface area contributed by atoms with E-state index in [9.17, 15) is 0 Å². The van der Waals surface area contributed by atoms with Crippen molar-refractivity contribution in [3.8, 4) is 0 Å². The molecule has 1 saturated heterocycles. The highest BCUT2D eigenvalue weighted by Gasteiger charge is 2.13. The van der Waals surface area contributed by atoms with Gasteiger partial charge in [-0.15, -0.1) is 0 Å². The van der Waals surface area contributed by atoms with Crippen LogP contribution < -0.4 is 11.1 Å². The second-order valence-corrected chi connectivity index (χ2v) is 7.46. The number of amidine groups is 1. The topological polar surface area (TPSA) is 70.6 Å². The molecule has 0 amide bonds. The molecule has 1 aliphatic rings. The molecule has 0 saturated carbocycles. The van der Waals surface area contributed by atoms with Gasteiger partial charge < -0.3 is 16.3 Å². The second-order valence-electron chi connectivity index (χ2n) is 4.49.